The third-order valence-corrected chi connectivity index (χ3v) is 6.35. The fourth-order valence-corrected chi connectivity index (χ4v) is 4.60. The monoisotopic (exact) mass is 405 g/mol. The van der Waals surface area contributed by atoms with Crippen LogP contribution < -0.4 is 15.5 Å². The quantitative estimate of drug-likeness (QED) is 0.722. The number of hydrogen-bond donors (Lipinski definition) is 1. The van der Waals surface area contributed by atoms with Crippen LogP contribution in [0.15, 0.2) is 59.7 Å². The smallest absolute Gasteiger partial charge is 0.350 e. The minimum absolute atomic E-state index is 0.0443. The maximum Gasteiger partial charge on any atom is 0.350 e. The number of anilines is 2. The van der Waals surface area contributed by atoms with Crippen molar-refractivity contribution in [3.63, 3.8) is 0 Å². The fraction of sp³-hybridized carbons (Fsp3) is 0.391. The number of aromatic hydroxyl groups is 1. The molecule has 2 aromatic carbocycles. The molecule has 1 aliphatic carbocycles. The molecule has 0 unspecified atom stereocenters. The van der Waals surface area contributed by atoms with Gasteiger partial charge >= 0.3 is 5.69 Å². The maximum atomic E-state index is 12.8. The van der Waals surface area contributed by atoms with Crippen molar-refractivity contribution in [3.8, 4) is 11.4 Å². The summed E-state index contributed by atoms with van der Waals surface area (Å²) in [6.07, 6.45) is 6.10. The molecule has 2 aliphatic rings. The largest absolute Gasteiger partial charge is 0.508 e. The second kappa shape index (κ2) is 7.89. The first-order valence-corrected chi connectivity index (χ1v) is 10.7. The Hall–Kier alpha value is -3.22. The van der Waals surface area contributed by atoms with E-state index in [1.54, 1.807) is 27.7 Å². The van der Waals surface area contributed by atoms with Crippen molar-refractivity contribution in [2.24, 2.45) is 0 Å². The molecule has 0 bridgehead atoms. The number of benzene rings is 2. The van der Waals surface area contributed by atoms with E-state index < -0.39 is 0 Å². The zero-order chi connectivity index (χ0) is 20.5. The Balaban J connectivity index is 1.26. The summed E-state index contributed by atoms with van der Waals surface area (Å²) < 4.78 is 3.30. The first-order chi connectivity index (χ1) is 14.7. The number of phenolic OH excluding ortho intramolecular Hbond substituents is 1. The maximum absolute atomic E-state index is 12.8. The molecule has 30 heavy (non-hydrogen) atoms. The van der Waals surface area contributed by atoms with Gasteiger partial charge < -0.3 is 14.9 Å². The van der Waals surface area contributed by atoms with Crippen LogP contribution in [-0.4, -0.2) is 45.6 Å². The molecule has 5 rings (SSSR count). The normalized spacial score (nSPS) is 17.6. The minimum atomic E-state index is -0.0443. The van der Waals surface area contributed by atoms with Crippen molar-refractivity contribution in [2.45, 2.75) is 31.7 Å². The summed E-state index contributed by atoms with van der Waals surface area (Å²) in [5.41, 5.74) is 3.12. The van der Waals surface area contributed by atoms with Gasteiger partial charge in [0.2, 0.25) is 0 Å². The minimum Gasteiger partial charge on any atom is -0.508 e. The van der Waals surface area contributed by atoms with Gasteiger partial charge in [0.05, 0.1) is 11.7 Å². The number of phenols is 1. The lowest BCUT2D eigenvalue weighted by molar-refractivity contribution is 0.450. The van der Waals surface area contributed by atoms with Crippen LogP contribution in [0.4, 0.5) is 11.4 Å². The zero-order valence-corrected chi connectivity index (χ0v) is 17.0. The van der Waals surface area contributed by atoms with Crippen molar-refractivity contribution < 1.29 is 5.11 Å². The van der Waals surface area contributed by atoms with Crippen LogP contribution in [0, 0.1) is 0 Å². The summed E-state index contributed by atoms with van der Waals surface area (Å²) in [6.45, 7) is 3.72. The Morgan fingerprint density at radius 2 is 1.27 bits per heavy atom. The molecule has 2 heterocycles. The molecule has 0 atom stereocenters. The third kappa shape index (κ3) is 3.56. The number of hydrogen-bond acceptors (Lipinski definition) is 5. The SMILES string of the molecule is O=c1n(-c2ccc(N3CCN(c4ccc(O)cc4)CC3)cc2)cnn1C1CCCC1. The van der Waals surface area contributed by atoms with E-state index in [1.807, 2.05) is 24.3 Å². The number of nitrogens with zero attached hydrogens (tertiary/aromatic N) is 5. The van der Waals surface area contributed by atoms with Crippen LogP contribution in [0.3, 0.4) is 0 Å². The standard InChI is InChI=1S/C23H27N5O2/c29-22-11-9-19(10-12-22)26-15-13-25(14-16-26)18-5-7-20(8-6-18)27-17-24-28(23(27)30)21-3-1-2-4-21/h5-12,17,21,29H,1-4,13-16H2. The van der Waals surface area contributed by atoms with Gasteiger partial charge in [0.25, 0.3) is 0 Å². The molecule has 2 fully saturated rings. The molecule has 0 amide bonds. The lowest BCUT2D eigenvalue weighted by atomic mass is 10.2. The molecule has 1 aromatic heterocycles. The van der Waals surface area contributed by atoms with Gasteiger partial charge in [0, 0.05) is 37.6 Å². The van der Waals surface area contributed by atoms with Crippen LogP contribution >= 0.6 is 0 Å². The topological polar surface area (TPSA) is 66.5 Å². The Kier molecular flexibility index (Phi) is 4.94. The van der Waals surface area contributed by atoms with Gasteiger partial charge in [-0.25, -0.2) is 14.0 Å². The Morgan fingerprint density at radius 3 is 1.83 bits per heavy atom. The van der Waals surface area contributed by atoms with Gasteiger partial charge in [-0.2, -0.15) is 5.10 Å². The lowest BCUT2D eigenvalue weighted by Crippen LogP contribution is -2.46. The predicted octanol–water partition coefficient (Wildman–Crippen LogP) is 3.18. The van der Waals surface area contributed by atoms with Crippen LogP contribution in [0.2, 0.25) is 0 Å². The fourth-order valence-electron chi connectivity index (χ4n) is 4.60. The van der Waals surface area contributed by atoms with Crippen LogP contribution in [-0.2, 0) is 0 Å². The summed E-state index contributed by atoms with van der Waals surface area (Å²) in [5, 5.41) is 13.8. The van der Waals surface area contributed by atoms with E-state index in [2.05, 4.69) is 27.0 Å². The summed E-state index contributed by atoms with van der Waals surface area (Å²) in [5.74, 6) is 0.297. The average molecular weight is 406 g/mol. The van der Waals surface area contributed by atoms with Gasteiger partial charge in [-0.05, 0) is 61.4 Å². The highest BCUT2D eigenvalue weighted by Crippen LogP contribution is 2.28. The van der Waals surface area contributed by atoms with E-state index in [-0.39, 0.29) is 11.7 Å². The Labute approximate surface area is 175 Å². The van der Waals surface area contributed by atoms with E-state index in [1.165, 1.54) is 18.5 Å². The van der Waals surface area contributed by atoms with E-state index in [4.69, 9.17) is 0 Å². The van der Waals surface area contributed by atoms with Crippen molar-refractivity contribution in [1.29, 1.82) is 0 Å². The molecule has 7 nitrogen and oxygen atoms in total. The molecular weight excluding hydrogens is 378 g/mol. The summed E-state index contributed by atoms with van der Waals surface area (Å²) in [7, 11) is 0. The first kappa shape index (κ1) is 18.8. The highest BCUT2D eigenvalue weighted by Gasteiger charge is 2.21. The third-order valence-electron chi connectivity index (χ3n) is 6.35. The predicted molar refractivity (Wildman–Crippen MR) is 118 cm³/mol. The van der Waals surface area contributed by atoms with Gasteiger partial charge in [-0.15, -0.1) is 0 Å². The molecule has 1 aliphatic heterocycles. The molecule has 1 saturated carbocycles. The van der Waals surface area contributed by atoms with E-state index in [0.29, 0.717) is 5.75 Å². The molecule has 1 saturated heterocycles. The van der Waals surface area contributed by atoms with E-state index in [0.717, 1.165) is 50.4 Å². The van der Waals surface area contributed by atoms with Crippen molar-refractivity contribution >= 4 is 11.4 Å². The zero-order valence-electron chi connectivity index (χ0n) is 17.0. The van der Waals surface area contributed by atoms with Crippen LogP contribution in [0.25, 0.3) is 5.69 Å². The summed E-state index contributed by atoms with van der Waals surface area (Å²) in [6, 6.07) is 15.8. The van der Waals surface area contributed by atoms with Crippen molar-refractivity contribution in [3.05, 3.63) is 65.3 Å². The summed E-state index contributed by atoms with van der Waals surface area (Å²) in [4.78, 5) is 17.5. The van der Waals surface area contributed by atoms with Gasteiger partial charge in [0.15, 0.2) is 0 Å². The molecule has 7 heteroatoms. The molecule has 1 N–H and O–H groups in total. The Morgan fingerprint density at radius 1 is 0.767 bits per heavy atom. The van der Waals surface area contributed by atoms with Crippen molar-refractivity contribution in [2.75, 3.05) is 36.0 Å². The lowest BCUT2D eigenvalue weighted by Gasteiger charge is -2.37. The molecular formula is C23H27N5O2. The van der Waals surface area contributed by atoms with Crippen molar-refractivity contribution in [1.82, 2.24) is 14.3 Å². The highest BCUT2D eigenvalue weighted by atomic mass is 16.3. The van der Waals surface area contributed by atoms with Gasteiger partial charge in [-0.1, -0.05) is 12.8 Å². The van der Waals surface area contributed by atoms with E-state index in [9.17, 15) is 9.90 Å². The highest BCUT2D eigenvalue weighted by molar-refractivity contribution is 5.54. The number of rotatable bonds is 4. The van der Waals surface area contributed by atoms with Crippen LogP contribution in [0.1, 0.15) is 31.7 Å². The van der Waals surface area contributed by atoms with Gasteiger partial charge in [0.1, 0.15) is 12.1 Å². The second-order valence-corrected chi connectivity index (χ2v) is 8.17. The molecule has 3 aromatic rings. The summed E-state index contributed by atoms with van der Waals surface area (Å²) >= 11 is 0. The molecule has 0 radical (unpaired) electrons. The van der Waals surface area contributed by atoms with Gasteiger partial charge in [-0.3, -0.25) is 0 Å². The molecule has 0 spiro atoms. The molecule has 156 valence electrons. The first-order valence-electron chi connectivity index (χ1n) is 10.7. The number of piperazine rings is 1. The van der Waals surface area contributed by atoms with E-state index >= 15 is 0 Å². The second-order valence-electron chi connectivity index (χ2n) is 8.17. The Bertz CT molecular complexity index is 1040. The number of aromatic nitrogens is 3. The van der Waals surface area contributed by atoms with Crippen LogP contribution in [0.5, 0.6) is 5.75 Å². The average Bonchev–Trinajstić information content (AvgIpc) is 3.44.